The SMILES string of the molecule is N=Cc1nncn1Br. The Morgan fingerprint density at radius 1 is 1.88 bits per heavy atom. The molecule has 1 heterocycles. The van der Waals surface area contributed by atoms with Gasteiger partial charge in [0.1, 0.15) is 6.33 Å². The highest BCUT2D eigenvalue weighted by Gasteiger charge is 1.92. The van der Waals surface area contributed by atoms with Gasteiger partial charge < -0.3 is 5.41 Å². The lowest BCUT2D eigenvalue weighted by atomic mass is 10.7. The first-order chi connectivity index (χ1) is 3.84. The van der Waals surface area contributed by atoms with Crippen LogP contribution in [0.5, 0.6) is 0 Å². The van der Waals surface area contributed by atoms with Crippen LogP contribution in [0.1, 0.15) is 5.82 Å². The maximum absolute atomic E-state index is 6.72. The molecule has 0 bridgehead atoms. The average Bonchev–Trinajstić information content (AvgIpc) is 2.14. The van der Waals surface area contributed by atoms with Gasteiger partial charge in [-0.15, -0.1) is 10.2 Å². The number of rotatable bonds is 1. The highest BCUT2D eigenvalue weighted by atomic mass is 79.9. The minimum absolute atomic E-state index is 0.491. The summed E-state index contributed by atoms with van der Waals surface area (Å²) in [5, 5.41) is 13.8. The largest absolute Gasteiger partial charge is 0.305 e. The summed E-state index contributed by atoms with van der Waals surface area (Å²) in [6, 6.07) is 0. The molecule has 0 aliphatic rings. The molecule has 0 saturated heterocycles. The van der Waals surface area contributed by atoms with Gasteiger partial charge in [0.15, 0.2) is 5.82 Å². The van der Waals surface area contributed by atoms with Crippen molar-refractivity contribution in [3.8, 4) is 0 Å². The van der Waals surface area contributed by atoms with Crippen molar-refractivity contribution in [2.75, 3.05) is 0 Å². The zero-order chi connectivity index (χ0) is 5.98. The van der Waals surface area contributed by atoms with Crippen LogP contribution in [0.3, 0.4) is 0 Å². The predicted octanol–water partition coefficient (Wildman–Crippen LogP) is 0.434. The normalized spacial score (nSPS) is 9.12. The molecule has 1 aromatic heterocycles. The van der Waals surface area contributed by atoms with Gasteiger partial charge in [-0.25, -0.2) is 3.59 Å². The van der Waals surface area contributed by atoms with Crippen molar-refractivity contribution < 1.29 is 0 Å². The summed E-state index contributed by atoms with van der Waals surface area (Å²) in [7, 11) is 0. The number of halogens is 1. The summed E-state index contributed by atoms with van der Waals surface area (Å²) in [4.78, 5) is 0. The van der Waals surface area contributed by atoms with Crippen LogP contribution in [0.2, 0.25) is 0 Å². The van der Waals surface area contributed by atoms with E-state index in [1.807, 2.05) is 0 Å². The third-order valence-corrected chi connectivity index (χ3v) is 1.21. The van der Waals surface area contributed by atoms with Gasteiger partial charge in [0.05, 0.1) is 22.4 Å². The molecule has 0 radical (unpaired) electrons. The topological polar surface area (TPSA) is 54.6 Å². The van der Waals surface area contributed by atoms with Crippen molar-refractivity contribution in [1.29, 1.82) is 5.41 Å². The fraction of sp³-hybridized carbons (Fsp3) is 0. The van der Waals surface area contributed by atoms with Crippen LogP contribution in [0.4, 0.5) is 0 Å². The minimum atomic E-state index is 0.491. The molecule has 0 spiro atoms. The van der Waals surface area contributed by atoms with Crippen LogP contribution in [0.25, 0.3) is 0 Å². The zero-order valence-corrected chi connectivity index (χ0v) is 5.46. The number of hydrogen-bond donors (Lipinski definition) is 1. The van der Waals surface area contributed by atoms with Crippen molar-refractivity contribution in [1.82, 2.24) is 13.8 Å². The lowest BCUT2D eigenvalue weighted by Gasteiger charge is -1.82. The van der Waals surface area contributed by atoms with E-state index in [0.29, 0.717) is 5.82 Å². The molecule has 42 valence electrons. The molecule has 0 aliphatic heterocycles. The van der Waals surface area contributed by atoms with Crippen molar-refractivity contribution in [3.05, 3.63) is 12.2 Å². The minimum Gasteiger partial charge on any atom is -0.305 e. The van der Waals surface area contributed by atoms with Gasteiger partial charge in [0, 0.05) is 0 Å². The van der Waals surface area contributed by atoms with Crippen LogP contribution in [0.15, 0.2) is 6.33 Å². The van der Waals surface area contributed by atoms with Gasteiger partial charge in [-0.2, -0.15) is 0 Å². The van der Waals surface area contributed by atoms with Crippen LogP contribution in [-0.4, -0.2) is 20.0 Å². The molecule has 0 atom stereocenters. The van der Waals surface area contributed by atoms with Gasteiger partial charge in [-0.3, -0.25) is 0 Å². The smallest absolute Gasteiger partial charge is 0.184 e. The highest BCUT2D eigenvalue weighted by Crippen LogP contribution is 1.93. The first-order valence-corrected chi connectivity index (χ1v) is 2.62. The molecule has 0 saturated carbocycles. The molecule has 1 rings (SSSR count). The summed E-state index contributed by atoms with van der Waals surface area (Å²) < 4.78 is 1.49. The number of hydrogen-bond acceptors (Lipinski definition) is 3. The van der Waals surface area contributed by atoms with E-state index >= 15 is 0 Å². The van der Waals surface area contributed by atoms with Gasteiger partial charge >= 0.3 is 0 Å². The maximum atomic E-state index is 6.72. The Morgan fingerprint density at radius 3 is 2.88 bits per heavy atom. The van der Waals surface area contributed by atoms with Crippen molar-refractivity contribution in [2.45, 2.75) is 0 Å². The van der Waals surface area contributed by atoms with E-state index in [-0.39, 0.29) is 0 Å². The summed E-state index contributed by atoms with van der Waals surface area (Å²) in [5.74, 6) is 0.491. The zero-order valence-electron chi connectivity index (χ0n) is 3.87. The van der Waals surface area contributed by atoms with Crippen molar-refractivity contribution in [3.63, 3.8) is 0 Å². The summed E-state index contributed by atoms with van der Waals surface area (Å²) in [6.45, 7) is 0. The van der Waals surface area contributed by atoms with Gasteiger partial charge in [-0.1, -0.05) is 0 Å². The second-order valence-corrected chi connectivity index (χ2v) is 1.91. The molecule has 8 heavy (non-hydrogen) atoms. The van der Waals surface area contributed by atoms with Crippen molar-refractivity contribution >= 4 is 22.4 Å². The van der Waals surface area contributed by atoms with E-state index in [0.717, 1.165) is 6.21 Å². The molecule has 5 heteroatoms. The molecular formula is C3H3BrN4. The van der Waals surface area contributed by atoms with Crippen LogP contribution in [0, 0.1) is 5.41 Å². The van der Waals surface area contributed by atoms with E-state index in [2.05, 4.69) is 26.3 Å². The quantitative estimate of drug-likeness (QED) is 0.629. The lowest BCUT2D eigenvalue weighted by Crippen LogP contribution is -1.86. The third kappa shape index (κ3) is 0.764. The van der Waals surface area contributed by atoms with Gasteiger partial charge in [0.25, 0.3) is 0 Å². The summed E-state index contributed by atoms with van der Waals surface area (Å²) in [5.41, 5.74) is 0. The summed E-state index contributed by atoms with van der Waals surface area (Å²) in [6.07, 6.45) is 2.59. The lowest BCUT2D eigenvalue weighted by molar-refractivity contribution is 1.08. The fourth-order valence-corrected chi connectivity index (χ4v) is 0.578. The Labute approximate surface area is 54.4 Å². The van der Waals surface area contributed by atoms with Crippen LogP contribution >= 0.6 is 16.1 Å². The Hall–Kier alpha value is -0.710. The predicted molar refractivity (Wildman–Crippen MR) is 32.2 cm³/mol. The number of aromatic nitrogens is 3. The molecular weight excluding hydrogens is 172 g/mol. The summed E-state index contributed by atoms with van der Waals surface area (Å²) >= 11 is 3.07. The molecule has 1 aromatic rings. The Kier molecular flexibility index (Phi) is 1.38. The van der Waals surface area contributed by atoms with Crippen LogP contribution < -0.4 is 0 Å². The molecule has 0 aromatic carbocycles. The average molecular weight is 175 g/mol. The molecule has 0 aliphatic carbocycles. The van der Waals surface area contributed by atoms with Gasteiger partial charge in [0.2, 0.25) is 0 Å². The van der Waals surface area contributed by atoms with E-state index in [9.17, 15) is 0 Å². The second kappa shape index (κ2) is 2.04. The van der Waals surface area contributed by atoms with E-state index in [4.69, 9.17) is 5.41 Å². The number of nitrogens with one attached hydrogen (secondary N) is 1. The van der Waals surface area contributed by atoms with Crippen molar-refractivity contribution in [2.24, 2.45) is 0 Å². The molecule has 0 amide bonds. The Bertz CT molecular complexity index is 193. The molecule has 1 N–H and O–H groups in total. The monoisotopic (exact) mass is 174 g/mol. The molecule has 0 fully saturated rings. The standard InChI is InChI=1S/C3H3BrN4/c4-8-2-6-7-3(8)1-5/h1-2,5H. The Balaban J connectivity index is 3.09. The van der Waals surface area contributed by atoms with Crippen LogP contribution in [-0.2, 0) is 0 Å². The first kappa shape index (κ1) is 5.43. The van der Waals surface area contributed by atoms with Gasteiger partial charge in [-0.05, 0) is 0 Å². The highest BCUT2D eigenvalue weighted by molar-refractivity contribution is 9.08. The third-order valence-electron chi connectivity index (χ3n) is 0.661. The Morgan fingerprint density at radius 2 is 2.62 bits per heavy atom. The fourth-order valence-electron chi connectivity index (χ4n) is 0.323. The van der Waals surface area contributed by atoms with E-state index in [1.165, 1.54) is 9.92 Å². The number of nitrogens with zero attached hydrogens (tertiary/aromatic N) is 3. The van der Waals surface area contributed by atoms with E-state index in [1.54, 1.807) is 0 Å². The second-order valence-electron chi connectivity index (χ2n) is 1.14. The molecule has 0 unspecified atom stereocenters. The van der Waals surface area contributed by atoms with E-state index < -0.39 is 0 Å². The first-order valence-electron chi connectivity index (χ1n) is 1.91. The molecule has 4 nitrogen and oxygen atoms in total. The maximum Gasteiger partial charge on any atom is 0.184 e.